The van der Waals surface area contributed by atoms with Gasteiger partial charge in [-0.25, -0.2) is 4.98 Å². The highest BCUT2D eigenvalue weighted by atomic mass is 16.5. The lowest BCUT2D eigenvalue weighted by molar-refractivity contribution is 0.102. The molecule has 1 aromatic carbocycles. The number of aromatic nitrogens is 1. The van der Waals surface area contributed by atoms with Crippen molar-refractivity contribution in [2.45, 2.75) is 20.3 Å². The van der Waals surface area contributed by atoms with E-state index in [9.17, 15) is 4.79 Å². The predicted molar refractivity (Wildman–Crippen MR) is 79.3 cm³/mol. The minimum Gasteiger partial charge on any atom is -0.481 e. The topological polar surface area (TPSA) is 51.2 Å². The zero-order valence-corrected chi connectivity index (χ0v) is 11.9. The van der Waals surface area contributed by atoms with Crippen LogP contribution in [-0.2, 0) is 6.42 Å². The van der Waals surface area contributed by atoms with Crippen molar-refractivity contribution in [1.82, 2.24) is 4.98 Å². The number of methoxy groups -OCH3 is 1. The number of nitrogens with zero attached hydrogens (tertiary/aromatic N) is 1. The molecule has 0 aliphatic rings. The van der Waals surface area contributed by atoms with Gasteiger partial charge >= 0.3 is 0 Å². The molecule has 1 N–H and O–H groups in total. The molecule has 0 radical (unpaired) electrons. The quantitative estimate of drug-likeness (QED) is 0.928. The molecular formula is C16H18N2O2. The Hall–Kier alpha value is -2.36. The standard InChI is InChI=1S/C16H18N2O2/c1-4-12-7-5-6-11(2)15(12)18-16(19)13-8-9-17-14(10-13)20-3/h5-10H,4H2,1-3H3,(H,18,19). The first-order chi connectivity index (χ1) is 9.65. The molecule has 0 spiro atoms. The van der Waals surface area contributed by atoms with Crippen LogP contribution in [0.4, 0.5) is 5.69 Å². The lowest BCUT2D eigenvalue weighted by Gasteiger charge is -2.13. The Morgan fingerprint density at radius 1 is 1.35 bits per heavy atom. The largest absolute Gasteiger partial charge is 0.481 e. The number of carbonyl (C=O) groups is 1. The van der Waals surface area contributed by atoms with Crippen molar-refractivity contribution in [3.63, 3.8) is 0 Å². The molecule has 0 aliphatic carbocycles. The summed E-state index contributed by atoms with van der Waals surface area (Å²) in [6.07, 6.45) is 2.43. The Bertz CT molecular complexity index is 624. The van der Waals surface area contributed by atoms with Crippen LogP contribution in [0, 0.1) is 6.92 Å². The summed E-state index contributed by atoms with van der Waals surface area (Å²) in [5.74, 6) is 0.271. The Morgan fingerprint density at radius 2 is 2.15 bits per heavy atom. The van der Waals surface area contributed by atoms with Gasteiger partial charge in [-0.3, -0.25) is 4.79 Å². The molecule has 0 bridgehead atoms. The lowest BCUT2D eigenvalue weighted by atomic mass is 10.1. The minimum atomic E-state index is -0.158. The van der Waals surface area contributed by atoms with E-state index < -0.39 is 0 Å². The predicted octanol–water partition coefficient (Wildman–Crippen LogP) is 3.21. The van der Waals surface area contributed by atoms with Gasteiger partial charge in [0.25, 0.3) is 5.91 Å². The van der Waals surface area contributed by atoms with Crippen LogP contribution in [0.5, 0.6) is 5.88 Å². The number of hydrogen-bond acceptors (Lipinski definition) is 3. The molecule has 0 atom stereocenters. The number of ether oxygens (including phenoxy) is 1. The number of para-hydroxylation sites is 1. The van der Waals surface area contributed by atoms with E-state index in [1.165, 1.54) is 7.11 Å². The van der Waals surface area contributed by atoms with Gasteiger partial charge < -0.3 is 10.1 Å². The molecule has 104 valence electrons. The van der Waals surface area contributed by atoms with Crippen LogP contribution in [0.15, 0.2) is 36.5 Å². The maximum atomic E-state index is 12.3. The highest BCUT2D eigenvalue weighted by Crippen LogP contribution is 2.22. The number of anilines is 1. The molecule has 20 heavy (non-hydrogen) atoms. The third-order valence-corrected chi connectivity index (χ3v) is 3.18. The average molecular weight is 270 g/mol. The highest BCUT2D eigenvalue weighted by Gasteiger charge is 2.11. The van der Waals surface area contributed by atoms with E-state index in [0.717, 1.165) is 23.2 Å². The van der Waals surface area contributed by atoms with Gasteiger partial charge in [-0.2, -0.15) is 0 Å². The van der Waals surface area contributed by atoms with Gasteiger partial charge in [-0.05, 0) is 30.5 Å². The van der Waals surface area contributed by atoms with Crippen LogP contribution < -0.4 is 10.1 Å². The third kappa shape index (κ3) is 2.96. The summed E-state index contributed by atoms with van der Waals surface area (Å²) in [5.41, 5.74) is 3.59. The highest BCUT2D eigenvalue weighted by molar-refractivity contribution is 6.05. The van der Waals surface area contributed by atoms with Gasteiger partial charge in [0.05, 0.1) is 7.11 Å². The van der Waals surface area contributed by atoms with E-state index in [1.54, 1.807) is 18.3 Å². The molecule has 0 fully saturated rings. The van der Waals surface area contributed by atoms with Gasteiger partial charge in [-0.1, -0.05) is 25.1 Å². The zero-order valence-electron chi connectivity index (χ0n) is 11.9. The van der Waals surface area contributed by atoms with E-state index in [2.05, 4.69) is 17.2 Å². The van der Waals surface area contributed by atoms with Gasteiger partial charge in [0.2, 0.25) is 5.88 Å². The van der Waals surface area contributed by atoms with Crippen molar-refractivity contribution in [3.8, 4) is 5.88 Å². The second-order valence-electron chi connectivity index (χ2n) is 4.50. The van der Waals surface area contributed by atoms with Crippen molar-refractivity contribution >= 4 is 11.6 Å². The average Bonchev–Trinajstić information content (AvgIpc) is 2.49. The molecule has 4 nitrogen and oxygen atoms in total. The van der Waals surface area contributed by atoms with E-state index in [0.29, 0.717) is 11.4 Å². The number of aryl methyl sites for hydroxylation is 2. The lowest BCUT2D eigenvalue weighted by Crippen LogP contribution is -2.14. The zero-order chi connectivity index (χ0) is 14.5. The monoisotopic (exact) mass is 270 g/mol. The number of pyridine rings is 1. The Kier molecular flexibility index (Phi) is 4.35. The number of amides is 1. The molecule has 0 saturated carbocycles. The summed E-state index contributed by atoms with van der Waals surface area (Å²) in [6, 6.07) is 9.30. The van der Waals surface area contributed by atoms with E-state index >= 15 is 0 Å². The Labute approximate surface area is 118 Å². The van der Waals surface area contributed by atoms with Crippen molar-refractivity contribution < 1.29 is 9.53 Å². The third-order valence-electron chi connectivity index (χ3n) is 3.18. The summed E-state index contributed by atoms with van der Waals surface area (Å²) >= 11 is 0. The molecule has 0 saturated heterocycles. The molecule has 2 aromatic rings. The molecule has 1 aromatic heterocycles. The first-order valence-corrected chi connectivity index (χ1v) is 6.55. The summed E-state index contributed by atoms with van der Waals surface area (Å²) in [4.78, 5) is 16.3. The maximum absolute atomic E-state index is 12.3. The molecule has 4 heteroatoms. The number of rotatable bonds is 4. The second kappa shape index (κ2) is 6.19. The molecule has 0 unspecified atom stereocenters. The molecule has 0 aliphatic heterocycles. The number of hydrogen-bond donors (Lipinski definition) is 1. The van der Waals surface area contributed by atoms with Crippen LogP contribution >= 0.6 is 0 Å². The summed E-state index contributed by atoms with van der Waals surface area (Å²) in [7, 11) is 1.53. The maximum Gasteiger partial charge on any atom is 0.255 e. The SMILES string of the molecule is CCc1cccc(C)c1NC(=O)c1ccnc(OC)c1. The number of nitrogens with one attached hydrogen (secondary N) is 1. The van der Waals surface area contributed by atoms with Crippen LogP contribution in [0.3, 0.4) is 0 Å². The fraction of sp³-hybridized carbons (Fsp3) is 0.250. The Balaban J connectivity index is 2.27. The first-order valence-electron chi connectivity index (χ1n) is 6.55. The van der Waals surface area contributed by atoms with Gasteiger partial charge in [-0.15, -0.1) is 0 Å². The fourth-order valence-corrected chi connectivity index (χ4v) is 2.05. The first kappa shape index (κ1) is 14.1. The van der Waals surface area contributed by atoms with Crippen molar-refractivity contribution in [2.75, 3.05) is 12.4 Å². The molecule has 2 rings (SSSR count). The molecular weight excluding hydrogens is 252 g/mol. The normalized spacial score (nSPS) is 10.2. The fourth-order valence-electron chi connectivity index (χ4n) is 2.05. The number of carbonyl (C=O) groups excluding carboxylic acids is 1. The van der Waals surface area contributed by atoms with Gasteiger partial charge in [0.15, 0.2) is 0 Å². The van der Waals surface area contributed by atoms with Gasteiger partial charge in [0, 0.05) is 23.5 Å². The van der Waals surface area contributed by atoms with Crippen LogP contribution in [0.1, 0.15) is 28.4 Å². The van der Waals surface area contributed by atoms with Crippen LogP contribution in [-0.4, -0.2) is 18.0 Å². The van der Waals surface area contributed by atoms with E-state index in [4.69, 9.17) is 4.74 Å². The van der Waals surface area contributed by atoms with Crippen molar-refractivity contribution in [3.05, 3.63) is 53.2 Å². The van der Waals surface area contributed by atoms with Crippen LogP contribution in [0.25, 0.3) is 0 Å². The van der Waals surface area contributed by atoms with E-state index in [1.807, 2.05) is 25.1 Å². The van der Waals surface area contributed by atoms with Crippen molar-refractivity contribution in [1.29, 1.82) is 0 Å². The molecule has 1 amide bonds. The van der Waals surface area contributed by atoms with Gasteiger partial charge in [0.1, 0.15) is 0 Å². The second-order valence-corrected chi connectivity index (χ2v) is 4.50. The summed E-state index contributed by atoms with van der Waals surface area (Å²) < 4.78 is 5.03. The van der Waals surface area contributed by atoms with Crippen molar-refractivity contribution in [2.24, 2.45) is 0 Å². The number of benzene rings is 1. The summed E-state index contributed by atoms with van der Waals surface area (Å²) in [6.45, 7) is 4.06. The minimum absolute atomic E-state index is 0.158. The van der Waals surface area contributed by atoms with E-state index in [-0.39, 0.29) is 5.91 Å². The molecule has 1 heterocycles. The van der Waals surface area contributed by atoms with Crippen LogP contribution in [0.2, 0.25) is 0 Å². The Morgan fingerprint density at radius 3 is 2.85 bits per heavy atom. The smallest absolute Gasteiger partial charge is 0.255 e. The summed E-state index contributed by atoms with van der Waals surface area (Å²) in [5, 5.41) is 2.98.